The van der Waals surface area contributed by atoms with E-state index in [-0.39, 0.29) is 0 Å². The van der Waals surface area contributed by atoms with E-state index in [0.717, 1.165) is 31.1 Å². The highest BCUT2D eigenvalue weighted by molar-refractivity contribution is 5.80. The highest BCUT2D eigenvalue weighted by atomic mass is 16.1. The second-order valence-electron chi connectivity index (χ2n) is 10.4. The van der Waals surface area contributed by atoms with Crippen molar-refractivity contribution in [2.75, 3.05) is 0 Å². The second kappa shape index (κ2) is 9.15. The minimum absolute atomic E-state index is 0.332. The van der Waals surface area contributed by atoms with Gasteiger partial charge in [0.25, 0.3) is 0 Å². The van der Waals surface area contributed by atoms with Crippen LogP contribution in [-0.2, 0) is 24.1 Å². The van der Waals surface area contributed by atoms with Gasteiger partial charge in [-0.05, 0) is 71.6 Å². The zero-order valence-electron chi connectivity index (χ0n) is 18.8. The van der Waals surface area contributed by atoms with Gasteiger partial charge in [0.15, 0.2) is 0 Å². The van der Waals surface area contributed by atoms with Gasteiger partial charge in [-0.25, -0.2) is 0 Å². The largest absolute Gasteiger partial charge is 0.300 e. The van der Waals surface area contributed by atoms with Gasteiger partial charge in [-0.2, -0.15) is 0 Å². The van der Waals surface area contributed by atoms with Gasteiger partial charge in [-0.1, -0.05) is 92.8 Å². The van der Waals surface area contributed by atoms with Crippen LogP contribution in [0.1, 0.15) is 79.5 Å². The van der Waals surface area contributed by atoms with Gasteiger partial charge in [-0.3, -0.25) is 4.79 Å². The third-order valence-corrected chi connectivity index (χ3v) is 8.39. The average Bonchev–Trinajstić information content (AvgIpc) is 3.16. The molecule has 2 saturated carbocycles. The summed E-state index contributed by atoms with van der Waals surface area (Å²) >= 11 is 0. The number of ketones is 1. The molecule has 2 aromatic carbocycles. The van der Waals surface area contributed by atoms with Gasteiger partial charge in [0, 0.05) is 12.8 Å². The lowest BCUT2D eigenvalue weighted by molar-refractivity contribution is -0.120. The number of allylic oxidation sites excluding steroid dienone is 1. The summed E-state index contributed by atoms with van der Waals surface area (Å²) in [6, 6.07) is 18.4. The zero-order valence-corrected chi connectivity index (χ0v) is 18.8. The van der Waals surface area contributed by atoms with E-state index in [0.29, 0.717) is 30.5 Å². The normalized spacial score (nSPS) is 26.8. The molecule has 162 valence electrons. The van der Waals surface area contributed by atoms with Gasteiger partial charge < -0.3 is 0 Å². The average molecular weight is 413 g/mol. The molecule has 1 heteroatoms. The third-order valence-electron chi connectivity index (χ3n) is 8.39. The van der Waals surface area contributed by atoms with Crippen molar-refractivity contribution < 1.29 is 4.79 Å². The molecule has 5 rings (SSSR count). The van der Waals surface area contributed by atoms with E-state index in [4.69, 9.17) is 0 Å². The number of rotatable bonds is 5. The predicted molar refractivity (Wildman–Crippen MR) is 128 cm³/mol. The lowest BCUT2D eigenvalue weighted by Crippen LogP contribution is -2.23. The predicted octanol–water partition coefficient (Wildman–Crippen LogP) is 7.23. The highest BCUT2D eigenvalue weighted by Gasteiger charge is 2.37. The fourth-order valence-electron chi connectivity index (χ4n) is 6.69. The number of hydrogen-bond donors (Lipinski definition) is 0. The van der Waals surface area contributed by atoms with E-state index in [1.807, 2.05) is 0 Å². The van der Waals surface area contributed by atoms with Crippen LogP contribution in [0, 0.1) is 17.8 Å². The van der Waals surface area contributed by atoms with Crippen LogP contribution in [0.5, 0.6) is 0 Å². The molecule has 3 unspecified atom stereocenters. The van der Waals surface area contributed by atoms with E-state index >= 15 is 0 Å². The Kier molecular flexibility index (Phi) is 6.12. The maximum Gasteiger partial charge on any atom is 0.133 e. The Balaban J connectivity index is 1.35. The summed E-state index contributed by atoms with van der Waals surface area (Å²) in [5.74, 6) is 3.09. The van der Waals surface area contributed by atoms with E-state index in [9.17, 15) is 4.79 Å². The van der Waals surface area contributed by atoms with Crippen molar-refractivity contribution in [3.63, 3.8) is 0 Å². The Hall–Kier alpha value is -2.15. The summed E-state index contributed by atoms with van der Waals surface area (Å²) in [4.78, 5) is 12.0. The van der Waals surface area contributed by atoms with Crippen molar-refractivity contribution in [1.29, 1.82) is 0 Å². The minimum atomic E-state index is 0.332. The summed E-state index contributed by atoms with van der Waals surface area (Å²) in [5.41, 5.74) is 7.31. The highest BCUT2D eigenvalue weighted by Crippen LogP contribution is 2.47. The second-order valence-corrected chi connectivity index (χ2v) is 10.4. The van der Waals surface area contributed by atoms with Gasteiger partial charge in [0.2, 0.25) is 0 Å². The lowest BCUT2D eigenvalue weighted by Gasteiger charge is -2.32. The molecule has 2 fully saturated rings. The van der Waals surface area contributed by atoms with E-state index in [2.05, 4.69) is 55.1 Å². The first kappa shape index (κ1) is 20.7. The van der Waals surface area contributed by atoms with Gasteiger partial charge in [-0.15, -0.1) is 0 Å². The monoisotopic (exact) mass is 412 g/mol. The Morgan fingerprint density at radius 3 is 2.45 bits per heavy atom. The van der Waals surface area contributed by atoms with E-state index in [1.54, 1.807) is 11.1 Å². The number of hydrogen-bond acceptors (Lipinski definition) is 1. The first-order valence-corrected chi connectivity index (χ1v) is 12.5. The molecule has 0 spiro atoms. The van der Waals surface area contributed by atoms with Crippen molar-refractivity contribution in [2.24, 2.45) is 17.8 Å². The van der Waals surface area contributed by atoms with Crippen LogP contribution in [0.4, 0.5) is 0 Å². The molecule has 0 aromatic heterocycles. The molecule has 0 heterocycles. The van der Waals surface area contributed by atoms with Crippen LogP contribution >= 0.6 is 0 Å². The summed E-state index contributed by atoms with van der Waals surface area (Å²) in [5, 5.41) is 0. The topological polar surface area (TPSA) is 17.1 Å². The summed E-state index contributed by atoms with van der Waals surface area (Å²) in [7, 11) is 0. The van der Waals surface area contributed by atoms with E-state index < -0.39 is 0 Å². The molecule has 31 heavy (non-hydrogen) atoms. The molecule has 0 N–H and O–H groups in total. The van der Waals surface area contributed by atoms with Crippen LogP contribution in [0.2, 0.25) is 0 Å². The van der Waals surface area contributed by atoms with Crippen molar-refractivity contribution >= 4 is 5.78 Å². The molecule has 0 radical (unpaired) electrons. The van der Waals surface area contributed by atoms with Crippen molar-refractivity contribution in [2.45, 2.75) is 76.5 Å². The maximum atomic E-state index is 12.0. The molecule has 0 aliphatic heterocycles. The van der Waals surface area contributed by atoms with Crippen molar-refractivity contribution in [3.05, 3.63) is 82.9 Å². The number of Topliss-reactive ketones (excluding diaryl/α,β-unsaturated/α-hetero) is 1. The summed E-state index contributed by atoms with van der Waals surface area (Å²) in [6.07, 6.45) is 12.8. The van der Waals surface area contributed by atoms with Crippen LogP contribution < -0.4 is 0 Å². The standard InChI is InChI=1S/C30H36O/c1-21-14-15-27(31)19-26(21)17-22-8-7-9-23(16-22)18-30-28-13-6-5-12-25(28)20-29(30)24-10-3-2-4-11-24/h5-9,12-13,16,24,26,29-30H,1-4,10-11,14-15,17-20H2. The fourth-order valence-corrected chi connectivity index (χ4v) is 6.69. The Morgan fingerprint density at radius 1 is 0.839 bits per heavy atom. The molecule has 0 saturated heterocycles. The summed E-state index contributed by atoms with van der Waals surface area (Å²) < 4.78 is 0. The van der Waals surface area contributed by atoms with Crippen LogP contribution in [0.15, 0.2) is 60.7 Å². The number of carbonyl (C=O) groups is 1. The quantitative estimate of drug-likeness (QED) is 0.473. The van der Waals surface area contributed by atoms with Gasteiger partial charge >= 0.3 is 0 Å². The molecular formula is C30H36O. The first-order valence-electron chi connectivity index (χ1n) is 12.5. The Labute approximate surface area is 188 Å². The Bertz CT molecular complexity index is 948. The van der Waals surface area contributed by atoms with Gasteiger partial charge in [0.1, 0.15) is 5.78 Å². The van der Waals surface area contributed by atoms with Crippen molar-refractivity contribution in [3.8, 4) is 0 Å². The lowest BCUT2D eigenvalue weighted by atomic mass is 9.73. The Morgan fingerprint density at radius 2 is 1.61 bits per heavy atom. The maximum absolute atomic E-state index is 12.0. The molecule has 3 atom stereocenters. The van der Waals surface area contributed by atoms with Crippen LogP contribution in [0.3, 0.4) is 0 Å². The molecule has 0 bridgehead atoms. The molecule has 1 nitrogen and oxygen atoms in total. The zero-order chi connectivity index (χ0) is 21.2. The van der Waals surface area contributed by atoms with Crippen LogP contribution in [-0.4, -0.2) is 5.78 Å². The van der Waals surface area contributed by atoms with Gasteiger partial charge in [0.05, 0.1) is 0 Å². The minimum Gasteiger partial charge on any atom is -0.300 e. The SMILES string of the molecule is C=C1CCC(=O)CC1Cc1cccc(CC2c3ccccc3CC2C2CCCCC2)c1. The number of fused-ring (bicyclic) bond motifs is 1. The summed E-state index contributed by atoms with van der Waals surface area (Å²) in [6.45, 7) is 4.27. The van der Waals surface area contributed by atoms with Crippen molar-refractivity contribution in [1.82, 2.24) is 0 Å². The molecule has 2 aromatic rings. The van der Waals surface area contributed by atoms with E-state index in [1.165, 1.54) is 55.2 Å². The van der Waals surface area contributed by atoms with Crippen LogP contribution in [0.25, 0.3) is 0 Å². The molecule has 3 aliphatic rings. The third kappa shape index (κ3) is 4.56. The fraction of sp³-hybridized carbons (Fsp3) is 0.500. The molecule has 3 aliphatic carbocycles. The molecular weight excluding hydrogens is 376 g/mol. The smallest absolute Gasteiger partial charge is 0.133 e. The molecule has 0 amide bonds. The first-order chi connectivity index (χ1) is 15.2. The number of benzene rings is 2. The number of carbonyl (C=O) groups excluding carboxylic acids is 1.